The molecule has 3 aromatic carbocycles. The fourth-order valence-electron chi connectivity index (χ4n) is 3.26. The summed E-state index contributed by atoms with van der Waals surface area (Å²) in [7, 11) is 0. The van der Waals surface area contributed by atoms with E-state index >= 15 is 4.39 Å². The van der Waals surface area contributed by atoms with E-state index in [-0.39, 0.29) is 34.1 Å². The van der Waals surface area contributed by atoms with Crippen molar-refractivity contribution in [2.24, 2.45) is 0 Å². The van der Waals surface area contributed by atoms with Gasteiger partial charge in [-0.1, -0.05) is 11.6 Å². The molecule has 32 heavy (non-hydrogen) atoms. The molecule has 0 unspecified atom stereocenters. The molecule has 1 radical (unpaired) electrons. The molecule has 4 aromatic rings. The van der Waals surface area contributed by atoms with E-state index in [1.165, 1.54) is 24.4 Å². The SMILES string of the molecule is Cc1cc(F)cc(Oc2c(C)cc([O])c(-c3cccnc3Oc3ccc(Cl)cc3)c2F)c1. The van der Waals surface area contributed by atoms with Crippen LogP contribution < -0.4 is 9.47 Å². The highest BCUT2D eigenvalue weighted by atomic mass is 35.5. The maximum atomic E-state index is 15.6. The number of aryl methyl sites for hydroxylation is 2. The number of aromatic nitrogens is 1. The molecule has 0 saturated heterocycles. The molecule has 0 spiro atoms. The van der Waals surface area contributed by atoms with E-state index in [1.807, 2.05) is 0 Å². The van der Waals surface area contributed by atoms with Crippen LogP contribution in [0.5, 0.6) is 28.9 Å². The predicted octanol–water partition coefficient (Wildman–Crippen LogP) is 8.03. The van der Waals surface area contributed by atoms with Gasteiger partial charge in [0.05, 0.1) is 11.1 Å². The quantitative estimate of drug-likeness (QED) is 0.308. The highest BCUT2D eigenvalue weighted by Gasteiger charge is 2.24. The second-order valence-corrected chi connectivity index (χ2v) is 7.62. The van der Waals surface area contributed by atoms with Crippen LogP contribution in [0, 0.1) is 25.5 Å². The third-order valence-electron chi connectivity index (χ3n) is 4.68. The molecular weight excluding hydrogens is 436 g/mol. The van der Waals surface area contributed by atoms with Crippen molar-refractivity contribution >= 4 is 11.6 Å². The van der Waals surface area contributed by atoms with E-state index in [9.17, 15) is 9.50 Å². The van der Waals surface area contributed by atoms with Crippen LogP contribution in [-0.4, -0.2) is 4.98 Å². The Bertz CT molecular complexity index is 1270. The number of pyridine rings is 1. The molecule has 161 valence electrons. The van der Waals surface area contributed by atoms with Gasteiger partial charge in [-0.2, -0.15) is 0 Å². The lowest BCUT2D eigenvalue weighted by atomic mass is 10.0. The summed E-state index contributed by atoms with van der Waals surface area (Å²) in [6.07, 6.45) is 1.47. The second kappa shape index (κ2) is 8.85. The van der Waals surface area contributed by atoms with E-state index < -0.39 is 17.4 Å². The summed E-state index contributed by atoms with van der Waals surface area (Å²) in [6.45, 7) is 3.24. The standard InChI is InChI=1S/C25H17ClF2NO3/c1-14-10-17(27)13-19(11-14)31-24-15(2)12-21(30)22(23(24)28)20-4-3-9-29-25(20)32-18-7-5-16(26)6-8-18/h3-13H,1-2H3. The zero-order valence-corrected chi connectivity index (χ0v) is 17.9. The van der Waals surface area contributed by atoms with Gasteiger partial charge in [-0.25, -0.2) is 13.8 Å². The molecule has 0 atom stereocenters. The highest BCUT2D eigenvalue weighted by molar-refractivity contribution is 6.30. The lowest BCUT2D eigenvalue weighted by molar-refractivity contribution is 0.350. The monoisotopic (exact) mass is 452 g/mol. The molecule has 1 heterocycles. The summed E-state index contributed by atoms with van der Waals surface area (Å²) < 4.78 is 40.8. The van der Waals surface area contributed by atoms with E-state index in [0.29, 0.717) is 16.3 Å². The molecule has 7 heteroatoms. The number of rotatable bonds is 5. The van der Waals surface area contributed by atoms with Gasteiger partial charge in [-0.3, -0.25) is 5.11 Å². The Balaban J connectivity index is 1.79. The number of ether oxygens (including phenoxy) is 2. The van der Waals surface area contributed by atoms with Gasteiger partial charge < -0.3 is 9.47 Å². The van der Waals surface area contributed by atoms with Gasteiger partial charge in [0, 0.05) is 17.3 Å². The van der Waals surface area contributed by atoms with Crippen LogP contribution in [0.1, 0.15) is 11.1 Å². The van der Waals surface area contributed by atoms with Crippen LogP contribution >= 0.6 is 11.6 Å². The van der Waals surface area contributed by atoms with E-state index in [2.05, 4.69) is 4.98 Å². The first-order chi connectivity index (χ1) is 15.3. The molecular formula is C25H17ClF2NO3. The first-order valence-electron chi connectivity index (χ1n) is 9.66. The normalized spacial score (nSPS) is 10.8. The Labute approximate surface area is 188 Å². The third-order valence-corrected chi connectivity index (χ3v) is 4.93. The zero-order chi connectivity index (χ0) is 22.8. The average molecular weight is 453 g/mol. The third kappa shape index (κ3) is 4.50. The largest absolute Gasteiger partial charge is 0.454 e. The van der Waals surface area contributed by atoms with Crippen molar-refractivity contribution in [1.82, 2.24) is 4.98 Å². The van der Waals surface area contributed by atoms with Gasteiger partial charge in [0.1, 0.15) is 17.3 Å². The molecule has 0 aliphatic rings. The summed E-state index contributed by atoms with van der Waals surface area (Å²) in [5.41, 5.74) is 0.799. The lowest BCUT2D eigenvalue weighted by Gasteiger charge is -2.16. The summed E-state index contributed by atoms with van der Waals surface area (Å²) in [5, 5.41) is 13.3. The van der Waals surface area contributed by atoms with Crippen molar-refractivity contribution in [2.45, 2.75) is 13.8 Å². The Hall–Kier alpha value is -3.64. The Morgan fingerprint density at radius 1 is 0.906 bits per heavy atom. The molecule has 1 aromatic heterocycles. The Morgan fingerprint density at radius 3 is 2.38 bits per heavy atom. The van der Waals surface area contributed by atoms with Crippen molar-refractivity contribution in [3.8, 4) is 40.0 Å². The van der Waals surface area contributed by atoms with Gasteiger partial charge in [0.2, 0.25) is 5.88 Å². The fourth-order valence-corrected chi connectivity index (χ4v) is 3.39. The smallest absolute Gasteiger partial charge is 0.227 e. The topological polar surface area (TPSA) is 51.2 Å². The van der Waals surface area contributed by atoms with Crippen LogP contribution in [0.4, 0.5) is 8.78 Å². The molecule has 0 fully saturated rings. The van der Waals surface area contributed by atoms with E-state index in [4.69, 9.17) is 21.1 Å². The summed E-state index contributed by atoms with van der Waals surface area (Å²) in [4.78, 5) is 4.16. The van der Waals surface area contributed by atoms with Gasteiger partial charge in [-0.05, 0) is 79.6 Å². The molecule has 4 rings (SSSR count). The number of halogens is 3. The van der Waals surface area contributed by atoms with Crippen molar-refractivity contribution in [3.05, 3.63) is 94.6 Å². The fraction of sp³-hybridized carbons (Fsp3) is 0.0800. The molecule has 0 bridgehead atoms. The van der Waals surface area contributed by atoms with Crippen LogP contribution in [0.25, 0.3) is 11.1 Å². The van der Waals surface area contributed by atoms with Gasteiger partial charge in [0.15, 0.2) is 17.3 Å². The number of nitrogens with zero attached hydrogens (tertiary/aromatic N) is 1. The van der Waals surface area contributed by atoms with E-state index in [0.717, 1.165) is 6.07 Å². The molecule has 0 aliphatic heterocycles. The first kappa shape index (κ1) is 21.6. The molecule has 0 saturated carbocycles. The minimum Gasteiger partial charge on any atom is -0.454 e. The summed E-state index contributed by atoms with van der Waals surface area (Å²) in [5.74, 6) is -1.54. The number of hydrogen-bond acceptors (Lipinski definition) is 3. The Morgan fingerprint density at radius 2 is 1.66 bits per heavy atom. The first-order valence-corrected chi connectivity index (χ1v) is 10.0. The predicted molar refractivity (Wildman–Crippen MR) is 117 cm³/mol. The van der Waals surface area contributed by atoms with Gasteiger partial charge >= 0.3 is 0 Å². The summed E-state index contributed by atoms with van der Waals surface area (Å²) in [6, 6.07) is 15.0. The Kier molecular flexibility index (Phi) is 5.97. The minimum absolute atomic E-state index is 0.0437. The van der Waals surface area contributed by atoms with Gasteiger partial charge in [0.25, 0.3) is 0 Å². The molecule has 0 amide bonds. The maximum absolute atomic E-state index is 15.6. The molecule has 4 nitrogen and oxygen atoms in total. The van der Waals surface area contributed by atoms with Crippen molar-refractivity contribution < 1.29 is 23.4 Å². The summed E-state index contributed by atoms with van der Waals surface area (Å²) >= 11 is 5.90. The van der Waals surface area contributed by atoms with Crippen LogP contribution in [-0.2, 0) is 5.11 Å². The van der Waals surface area contributed by atoms with Crippen LogP contribution in [0.3, 0.4) is 0 Å². The highest BCUT2D eigenvalue weighted by Crippen LogP contribution is 2.44. The van der Waals surface area contributed by atoms with E-state index in [1.54, 1.807) is 50.2 Å². The molecule has 0 N–H and O–H groups in total. The maximum Gasteiger partial charge on any atom is 0.227 e. The van der Waals surface area contributed by atoms with Crippen molar-refractivity contribution in [3.63, 3.8) is 0 Å². The lowest BCUT2D eigenvalue weighted by Crippen LogP contribution is -1.98. The van der Waals surface area contributed by atoms with Gasteiger partial charge in [-0.15, -0.1) is 0 Å². The zero-order valence-electron chi connectivity index (χ0n) is 17.2. The number of benzene rings is 3. The van der Waals surface area contributed by atoms with Crippen LogP contribution in [0.2, 0.25) is 5.02 Å². The number of hydrogen-bond donors (Lipinski definition) is 0. The second-order valence-electron chi connectivity index (χ2n) is 7.19. The molecule has 0 aliphatic carbocycles. The average Bonchev–Trinajstić information content (AvgIpc) is 2.73. The minimum atomic E-state index is -0.883. The van der Waals surface area contributed by atoms with Crippen molar-refractivity contribution in [2.75, 3.05) is 0 Å². The van der Waals surface area contributed by atoms with Crippen LogP contribution in [0.15, 0.2) is 66.9 Å². The van der Waals surface area contributed by atoms with Crippen molar-refractivity contribution in [1.29, 1.82) is 0 Å².